The predicted octanol–water partition coefficient (Wildman–Crippen LogP) is 1.55. The Morgan fingerprint density at radius 2 is 2.11 bits per heavy atom. The number of aryl methyl sites for hydroxylation is 1. The number of hydrogen-bond donors (Lipinski definition) is 1. The van der Waals surface area contributed by atoms with Gasteiger partial charge in [0.15, 0.2) is 5.82 Å². The maximum atomic E-state index is 4.64. The van der Waals surface area contributed by atoms with Gasteiger partial charge in [-0.3, -0.25) is 0 Å². The smallest absolute Gasteiger partial charge is 0.176 e. The molecule has 18 heavy (non-hydrogen) atoms. The van der Waals surface area contributed by atoms with Crippen LogP contribution in [0.2, 0.25) is 0 Å². The summed E-state index contributed by atoms with van der Waals surface area (Å²) in [5, 5.41) is 7.61. The van der Waals surface area contributed by atoms with Crippen LogP contribution in [0.25, 0.3) is 11.5 Å². The normalized spacial score (nSPS) is 11.2. The van der Waals surface area contributed by atoms with Gasteiger partial charge in [0.05, 0.1) is 11.4 Å². The second kappa shape index (κ2) is 4.27. The van der Waals surface area contributed by atoms with Gasteiger partial charge in [-0.1, -0.05) is 6.07 Å². The van der Waals surface area contributed by atoms with Crippen molar-refractivity contribution in [3.05, 3.63) is 48.0 Å². The minimum absolute atomic E-state index is 0.749. The molecular formula is C13H15N5. The van der Waals surface area contributed by atoms with E-state index in [9.17, 15) is 0 Å². The Morgan fingerprint density at radius 3 is 2.83 bits per heavy atom. The van der Waals surface area contributed by atoms with Crippen LogP contribution >= 0.6 is 0 Å². The first-order valence-electron chi connectivity index (χ1n) is 5.93. The quantitative estimate of drug-likeness (QED) is 0.756. The second-order valence-electron chi connectivity index (χ2n) is 4.24. The van der Waals surface area contributed by atoms with Gasteiger partial charge in [-0.15, -0.1) is 0 Å². The fourth-order valence-corrected chi connectivity index (χ4v) is 2.08. The van der Waals surface area contributed by atoms with Crippen molar-refractivity contribution in [3.8, 4) is 5.82 Å². The standard InChI is InChI=1S/C13H15N5/c1-10-6-8-18(16-10)13-11(9-14-2)17-7-4-3-5-12(17)15-13/h3-8,14H,9H2,1-2H3. The highest BCUT2D eigenvalue weighted by Crippen LogP contribution is 2.16. The molecule has 0 saturated heterocycles. The number of aromatic nitrogens is 4. The average Bonchev–Trinajstić information content (AvgIpc) is 2.95. The molecule has 0 radical (unpaired) electrons. The molecule has 0 aliphatic carbocycles. The lowest BCUT2D eigenvalue weighted by molar-refractivity contribution is 0.752. The van der Waals surface area contributed by atoms with Gasteiger partial charge in [0.25, 0.3) is 0 Å². The SMILES string of the molecule is CNCc1c(-n2ccc(C)n2)nc2ccccn12. The van der Waals surface area contributed by atoms with Gasteiger partial charge in [-0.25, -0.2) is 9.67 Å². The molecule has 0 spiro atoms. The molecule has 3 aromatic rings. The lowest BCUT2D eigenvalue weighted by Gasteiger charge is -2.03. The lowest BCUT2D eigenvalue weighted by Crippen LogP contribution is -2.11. The van der Waals surface area contributed by atoms with E-state index in [1.807, 2.05) is 55.3 Å². The molecule has 0 amide bonds. The van der Waals surface area contributed by atoms with Crippen LogP contribution in [0.1, 0.15) is 11.4 Å². The van der Waals surface area contributed by atoms with Crippen molar-refractivity contribution in [1.82, 2.24) is 24.5 Å². The maximum absolute atomic E-state index is 4.64. The van der Waals surface area contributed by atoms with Crippen LogP contribution < -0.4 is 5.32 Å². The molecular weight excluding hydrogens is 226 g/mol. The van der Waals surface area contributed by atoms with Crippen molar-refractivity contribution in [1.29, 1.82) is 0 Å². The molecule has 0 aromatic carbocycles. The summed E-state index contributed by atoms with van der Waals surface area (Å²) < 4.78 is 3.91. The molecule has 1 N–H and O–H groups in total. The van der Waals surface area contributed by atoms with Crippen molar-refractivity contribution in [2.45, 2.75) is 13.5 Å². The first-order valence-corrected chi connectivity index (χ1v) is 5.93. The summed E-state index contributed by atoms with van der Waals surface area (Å²) in [6.45, 7) is 2.73. The van der Waals surface area contributed by atoms with Crippen LogP contribution in [0, 0.1) is 6.92 Å². The second-order valence-corrected chi connectivity index (χ2v) is 4.24. The third-order valence-corrected chi connectivity index (χ3v) is 2.89. The summed E-state index contributed by atoms with van der Waals surface area (Å²) in [4.78, 5) is 4.64. The zero-order valence-corrected chi connectivity index (χ0v) is 10.5. The zero-order chi connectivity index (χ0) is 12.5. The van der Waals surface area contributed by atoms with Gasteiger partial charge in [0, 0.05) is 18.9 Å². The van der Waals surface area contributed by atoms with Crippen LogP contribution in [0.4, 0.5) is 0 Å². The Kier molecular flexibility index (Phi) is 2.60. The molecule has 0 aliphatic heterocycles. The molecule has 5 heteroatoms. The topological polar surface area (TPSA) is 47.2 Å². The highest BCUT2D eigenvalue weighted by atomic mass is 15.3. The number of hydrogen-bond acceptors (Lipinski definition) is 3. The van der Waals surface area contributed by atoms with Gasteiger partial charge in [0.1, 0.15) is 5.65 Å². The first-order chi connectivity index (χ1) is 8.79. The van der Waals surface area contributed by atoms with Gasteiger partial charge >= 0.3 is 0 Å². The number of nitrogens with zero attached hydrogens (tertiary/aromatic N) is 4. The molecule has 3 aromatic heterocycles. The van der Waals surface area contributed by atoms with Gasteiger partial charge in [-0.05, 0) is 32.2 Å². The van der Waals surface area contributed by atoms with E-state index in [2.05, 4.69) is 19.8 Å². The van der Waals surface area contributed by atoms with Gasteiger partial charge in [-0.2, -0.15) is 5.10 Å². The van der Waals surface area contributed by atoms with Crippen LogP contribution in [0.5, 0.6) is 0 Å². The largest absolute Gasteiger partial charge is 0.314 e. The summed E-state index contributed by atoms with van der Waals surface area (Å²) in [7, 11) is 1.93. The molecule has 0 fully saturated rings. The van der Waals surface area contributed by atoms with E-state index in [0.29, 0.717) is 0 Å². The Hall–Kier alpha value is -2.14. The molecule has 0 bridgehead atoms. The van der Waals surface area contributed by atoms with Gasteiger partial charge < -0.3 is 9.72 Å². The number of imidazole rings is 1. The van der Waals surface area contributed by atoms with E-state index in [0.717, 1.165) is 29.4 Å². The van der Waals surface area contributed by atoms with Gasteiger partial charge in [0.2, 0.25) is 0 Å². The predicted molar refractivity (Wildman–Crippen MR) is 69.8 cm³/mol. The van der Waals surface area contributed by atoms with Crippen LogP contribution in [-0.4, -0.2) is 26.2 Å². The minimum atomic E-state index is 0.749. The highest BCUT2D eigenvalue weighted by molar-refractivity contribution is 5.48. The number of fused-ring (bicyclic) bond motifs is 1. The molecule has 5 nitrogen and oxygen atoms in total. The van der Waals surface area contributed by atoms with E-state index in [-0.39, 0.29) is 0 Å². The first kappa shape index (κ1) is 11.0. The van der Waals surface area contributed by atoms with E-state index in [1.54, 1.807) is 0 Å². The Labute approximate surface area is 105 Å². The average molecular weight is 241 g/mol. The molecule has 0 atom stereocenters. The zero-order valence-electron chi connectivity index (χ0n) is 10.5. The van der Waals surface area contributed by atoms with E-state index in [1.165, 1.54) is 0 Å². The molecule has 0 aliphatic rings. The van der Waals surface area contributed by atoms with E-state index < -0.39 is 0 Å². The van der Waals surface area contributed by atoms with Crippen molar-refractivity contribution < 1.29 is 0 Å². The molecule has 92 valence electrons. The third kappa shape index (κ3) is 1.69. The minimum Gasteiger partial charge on any atom is -0.314 e. The summed E-state index contributed by atoms with van der Waals surface area (Å²) in [5.74, 6) is 0.878. The fraction of sp³-hybridized carbons (Fsp3) is 0.231. The Balaban J connectivity index is 2.24. The van der Waals surface area contributed by atoms with E-state index >= 15 is 0 Å². The summed E-state index contributed by atoms with van der Waals surface area (Å²) in [5.41, 5.74) is 3.03. The van der Waals surface area contributed by atoms with Crippen molar-refractivity contribution in [3.63, 3.8) is 0 Å². The number of pyridine rings is 1. The molecule has 3 heterocycles. The highest BCUT2D eigenvalue weighted by Gasteiger charge is 2.13. The summed E-state index contributed by atoms with van der Waals surface area (Å²) in [6, 6.07) is 7.97. The lowest BCUT2D eigenvalue weighted by atomic mass is 10.4. The van der Waals surface area contributed by atoms with Crippen LogP contribution in [-0.2, 0) is 6.54 Å². The summed E-state index contributed by atoms with van der Waals surface area (Å²) in [6.07, 6.45) is 3.96. The Morgan fingerprint density at radius 1 is 1.22 bits per heavy atom. The van der Waals surface area contributed by atoms with E-state index in [4.69, 9.17) is 0 Å². The van der Waals surface area contributed by atoms with Crippen molar-refractivity contribution >= 4 is 5.65 Å². The molecule has 0 saturated carbocycles. The monoisotopic (exact) mass is 241 g/mol. The number of nitrogens with one attached hydrogen (secondary N) is 1. The van der Waals surface area contributed by atoms with Crippen LogP contribution in [0.3, 0.4) is 0 Å². The Bertz CT molecular complexity index is 680. The molecule has 3 rings (SSSR count). The summed E-state index contributed by atoms with van der Waals surface area (Å²) >= 11 is 0. The van der Waals surface area contributed by atoms with Crippen LogP contribution in [0.15, 0.2) is 36.7 Å². The van der Waals surface area contributed by atoms with Crippen molar-refractivity contribution in [2.24, 2.45) is 0 Å². The van der Waals surface area contributed by atoms with Crippen molar-refractivity contribution in [2.75, 3.05) is 7.05 Å². The fourth-order valence-electron chi connectivity index (χ4n) is 2.08. The molecule has 0 unspecified atom stereocenters. The maximum Gasteiger partial charge on any atom is 0.176 e. The third-order valence-electron chi connectivity index (χ3n) is 2.89. The number of rotatable bonds is 3.